The van der Waals surface area contributed by atoms with Crippen LogP contribution in [0.1, 0.15) is 48.0 Å². The van der Waals surface area contributed by atoms with Gasteiger partial charge in [0.25, 0.3) is 0 Å². The second-order valence-electron chi connectivity index (χ2n) is 7.15. The molecule has 0 aromatic carbocycles. The quantitative estimate of drug-likeness (QED) is 0.818. The Morgan fingerprint density at radius 1 is 1.33 bits per heavy atom. The van der Waals surface area contributed by atoms with Crippen molar-refractivity contribution >= 4 is 0 Å². The van der Waals surface area contributed by atoms with Crippen LogP contribution in [0.25, 0.3) is 0 Å². The highest BCUT2D eigenvalue weighted by atomic mass is 16.5. The Hall–Kier alpha value is -0.120. The molecule has 1 aliphatic rings. The van der Waals surface area contributed by atoms with Crippen molar-refractivity contribution in [2.45, 2.75) is 59.6 Å². The molecule has 108 valence electrons. The van der Waals surface area contributed by atoms with Crippen LogP contribution in [-0.4, -0.2) is 49.3 Å². The zero-order valence-corrected chi connectivity index (χ0v) is 13.2. The third-order valence-corrected chi connectivity index (χ3v) is 3.73. The molecule has 1 unspecified atom stereocenters. The number of rotatable bonds is 5. The van der Waals surface area contributed by atoms with E-state index in [9.17, 15) is 0 Å². The molecule has 0 aliphatic carbocycles. The number of hydrogen-bond donors (Lipinski definition) is 1. The zero-order chi connectivity index (χ0) is 13.8. The summed E-state index contributed by atoms with van der Waals surface area (Å²) >= 11 is 0. The Morgan fingerprint density at radius 2 is 2.00 bits per heavy atom. The molecule has 1 fully saturated rings. The standard InChI is InChI=1S/C15H32N2O/c1-7-16-13(14(2,3)4)8-9-17-10-11-18-15(5,6)12-17/h13,16H,7-12H2,1-6H3. The van der Waals surface area contributed by atoms with Crippen LogP contribution in [-0.2, 0) is 4.74 Å². The fourth-order valence-electron chi connectivity index (χ4n) is 2.70. The van der Waals surface area contributed by atoms with Gasteiger partial charge >= 0.3 is 0 Å². The molecule has 0 amide bonds. The predicted molar refractivity (Wildman–Crippen MR) is 78.0 cm³/mol. The number of nitrogens with zero attached hydrogens (tertiary/aromatic N) is 1. The van der Waals surface area contributed by atoms with Gasteiger partial charge in [-0.2, -0.15) is 0 Å². The van der Waals surface area contributed by atoms with Gasteiger partial charge < -0.3 is 10.1 Å². The monoisotopic (exact) mass is 256 g/mol. The third kappa shape index (κ3) is 5.25. The molecular formula is C15H32N2O. The van der Waals surface area contributed by atoms with Gasteiger partial charge in [-0.15, -0.1) is 0 Å². The van der Waals surface area contributed by atoms with Gasteiger partial charge in [0.05, 0.1) is 12.2 Å². The van der Waals surface area contributed by atoms with Crippen molar-refractivity contribution in [2.75, 3.05) is 32.8 Å². The average Bonchev–Trinajstić information content (AvgIpc) is 2.21. The highest BCUT2D eigenvalue weighted by Gasteiger charge is 2.29. The van der Waals surface area contributed by atoms with E-state index in [1.54, 1.807) is 0 Å². The predicted octanol–water partition coefficient (Wildman–Crippen LogP) is 2.51. The van der Waals surface area contributed by atoms with E-state index in [4.69, 9.17) is 4.74 Å². The first kappa shape index (κ1) is 15.9. The topological polar surface area (TPSA) is 24.5 Å². The summed E-state index contributed by atoms with van der Waals surface area (Å²) in [4.78, 5) is 2.54. The van der Waals surface area contributed by atoms with Gasteiger partial charge in [-0.3, -0.25) is 4.90 Å². The van der Waals surface area contributed by atoms with Gasteiger partial charge in [-0.1, -0.05) is 27.7 Å². The molecule has 0 spiro atoms. The molecule has 0 aromatic heterocycles. The maximum Gasteiger partial charge on any atom is 0.0753 e. The summed E-state index contributed by atoms with van der Waals surface area (Å²) in [5.41, 5.74) is 0.353. The smallest absolute Gasteiger partial charge is 0.0753 e. The van der Waals surface area contributed by atoms with E-state index in [1.165, 1.54) is 13.0 Å². The molecule has 1 saturated heterocycles. The molecule has 1 N–H and O–H groups in total. The molecule has 0 aromatic rings. The van der Waals surface area contributed by atoms with E-state index >= 15 is 0 Å². The third-order valence-electron chi connectivity index (χ3n) is 3.73. The lowest BCUT2D eigenvalue weighted by Crippen LogP contribution is -2.50. The van der Waals surface area contributed by atoms with Crippen LogP contribution in [0.3, 0.4) is 0 Å². The van der Waals surface area contributed by atoms with Gasteiger partial charge in [0.1, 0.15) is 0 Å². The highest BCUT2D eigenvalue weighted by molar-refractivity contribution is 4.84. The SMILES string of the molecule is CCNC(CCN1CCOC(C)(C)C1)C(C)(C)C. The molecule has 3 heteroatoms. The minimum atomic E-state index is 0.0215. The van der Waals surface area contributed by atoms with Gasteiger partial charge in [0, 0.05) is 19.1 Å². The van der Waals surface area contributed by atoms with Crippen molar-refractivity contribution < 1.29 is 4.74 Å². The Balaban J connectivity index is 2.42. The molecule has 0 bridgehead atoms. The van der Waals surface area contributed by atoms with Crippen LogP contribution in [0.2, 0.25) is 0 Å². The van der Waals surface area contributed by atoms with Gasteiger partial charge in [0.15, 0.2) is 0 Å². The van der Waals surface area contributed by atoms with Crippen LogP contribution in [0.5, 0.6) is 0 Å². The normalized spacial score (nSPS) is 23.0. The van der Waals surface area contributed by atoms with Crippen LogP contribution < -0.4 is 5.32 Å². The van der Waals surface area contributed by atoms with Crippen molar-refractivity contribution in [3.63, 3.8) is 0 Å². The zero-order valence-electron chi connectivity index (χ0n) is 13.2. The van der Waals surface area contributed by atoms with E-state index < -0.39 is 0 Å². The van der Waals surface area contributed by atoms with Crippen LogP contribution >= 0.6 is 0 Å². The number of hydrogen-bond acceptors (Lipinski definition) is 3. The van der Waals surface area contributed by atoms with Crippen molar-refractivity contribution in [3.8, 4) is 0 Å². The van der Waals surface area contributed by atoms with E-state index in [0.717, 1.165) is 26.2 Å². The van der Waals surface area contributed by atoms with E-state index in [2.05, 4.69) is 51.8 Å². The summed E-state index contributed by atoms with van der Waals surface area (Å²) in [5, 5.41) is 3.62. The van der Waals surface area contributed by atoms with Crippen LogP contribution in [0.15, 0.2) is 0 Å². The minimum absolute atomic E-state index is 0.0215. The first-order valence-electron chi connectivity index (χ1n) is 7.34. The van der Waals surface area contributed by atoms with E-state index in [1.807, 2.05) is 0 Å². The highest BCUT2D eigenvalue weighted by Crippen LogP contribution is 2.23. The Bertz CT molecular complexity index is 245. The van der Waals surface area contributed by atoms with E-state index in [-0.39, 0.29) is 5.60 Å². The summed E-state index contributed by atoms with van der Waals surface area (Å²) in [6, 6.07) is 0.591. The van der Waals surface area contributed by atoms with Crippen molar-refractivity contribution in [2.24, 2.45) is 5.41 Å². The summed E-state index contributed by atoms with van der Waals surface area (Å²) < 4.78 is 5.76. The van der Waals surface area contributed by atoms with Gasteiger partial charge in [0.2, 0.25) is 0 Å². The summed E-state index contributed by atoms with van der Waals surface area (Å²) in [6.45, 7) is 18.7. The molecule has 1 rings (SSSR count). The molecule has 3 nitrogen and oxygen atoms in total. The first-order valence-corrected chi connectivity index (χ1v) is 7.34. The number of morpholine rings is 1. The summed E-state index contributed by atoms with van der Waals surface area (Å²) in [7, 11) is 0. The Labute approximate surface area is 113 Å². The van der Waals surface area contributed by atoms with E-state index in [0.29, 0.717) is 11.5 Å². The lowest BCUT2D eigenvalue weighted by Gasteiger charge is -2.40. The van der Waals surface area contributed by atoms with Gasteiger partial charge in [-0.25, -0.2) is 0 Å². The van der Waals surface area contributed by atoms with Crippen molar-refractivity contribution in [3.05, 3.63) is 0 Å². The largest absolute Gasteiger partial charge is 0.373 e. The summed E-state index contributed by atoms with van der Waals surface area (Å²) in [5.74, 6) is 0. The lowest BCUT2D eigenvalue weighted by atomic mass is 9.84. The molecule has 1 aliphatic heterocycles. The lowest BCUT2D eigenvalue weighted by molar-refractivity contribution is -0.0869. The molecule has 0 radical (unpaired) electrons. The van der Waals surface area contributed by atoms with Crippen LogP contribution in [0.4, 0.5) is 0 Å². The Morgan fingerprint density at radius 3 is 2.50 bits per heavy atom. The van der Waals surface area contributed by atoms with Crippen molar-refractivity contribution in [1.29, 1.82) is 0 Å². The molecule has 1 heterocycles. The minimum Gasteiger partial charge on any atom is -0.373 e. The second kappa shape index (κ2) is 6.36. The molecule has 18 heavy (non-hydrogen) atoms. The number of nitrogens with one attached hydrogen (secondary N) is 1. The molecule has 0 saturated carbocycles. The first-order chi connectivity index (χ1) is 8.24. The van der Waals surface area contributed by atoms with Gasteiger partial charge in [-0.05, 0) is 38.8 Å². The van der Waals surface area contributed by atoms with Crippen LogP contribution in [0, 0.1) is 5.41 Å². The fraction of sp³-hybridized carbons (Fsp3) is 1.00. The number of ether oxygens (including phenoxy) is 1. The summed E-state index contributed by atoms with van der Waals surface area (Å²) in [6.07, 6.45) is 1.22. The average molecular weight is 256 g/mol. The van der Waals surface area contributed by atoms with Crippen molar-refractivity contribution in [1.82, 2.24) is 10.2 Å². The fourth-order valence-corrected chi connectivity index (χ4v) is 2.70. The molecule has 1 atom stereocenters. The maximum absolute atomic E-state index is 5.76. The maximum atomic E-state index is 5.76. The second-order valence-corrected chi connectivity index (χ2v) is 7.15. The molecular weight excluding hydrogens is 224 g/mol. The Kier molecular flexibility index (Phi) is 5.63.